The molecular formula is C23H17BrCl2FNO6. The number of hydrogen-bond donors (Lipinski definition) is 0. The molecule has 0 aromatic heterocycles. The lowest BCUT2D eigenvalue weighted by Crippen LogP contribution is -2.06. The van der Waals surface area contributed by atoms with Crippen molar-refractivity contribution in [2.45, 2.75) is 6.42 Å². The molecule has 11 heteroatoms. The second-order valence-electron chi connectivity index (χ2n) is 6.63. The van der Waals surface area contributed by atoms with E-state index < -0.39 is 28.4 Å². The number of ether oxygens (including phenoxy) is 2. The standard InChI is InChI=1S/C15H11ClFNO4.C8H6BrClO2/c1-22-15(19)12-8-11(16)4-3-10(12)6-9-2-5-13(17)14(7-9)18(20)21;1-12-8(11)6-4-5(10)2-3-7(6)9/h2-5,7-8H,6H2,1H3;2-4H,1H3. The van der Waals surface area contributed by atoms with Crippen LogP contribution in [0.3, 0.4) is 0 Å². The van der Waals surface area contributed by atoms with Gasteiger partial charge in [-0.2, -0.15) is 4.39 Å². The van der Waals surface area contributed by atoms with E-state index in [1.165, 1.54) is 26.4 Å². The summed E-state index contributed by atoms with van der Waals surface area (Å²) in [5.74, 6) is -1.86. The molecular weight excluding hydrogens is 556 g/mol. The van der Waals surface area contributed by atoms with Gasteiger partial charge in [-0.3, -0.25) is 10.1 Å². The minimum atomic E-state index is -0.905. The Labute approximate surface area is 212 Å². The number of rotatable bonds is 5. The minimum absolute atomic E-state index is 0.211. The number of esters is 2. The fourth-order valence-electron chi connectivity index (χ4n) is 2.79. The quantitative estimate of drug-likeness (QED) is 0.193. The lowest BCUT2D eigenvalue weighted by atomic mass is 9.99. The number of hydrogen-bond acceptors (Lipinski definition) is 6. The molecule has 34 heavy (non-hydrogen) atoms. The molecule has 0 aliphatic rings. The Morgan fingerprint density at radius 2 is 1.50 bits per heavy atom. The molecule has 0 unspecified atom stereocenters. The SMILES string of the molecule is COC(=O)c1cc(Cl)ccc1Br.COC(=O)c1cc(Cl)ccc1Cc1ccc(F)c([N+](=O)[O-])c1. The number of benzene rings is 3. The molecule has 0 spiro atoms. The van der Waals surface area contributed by atoms with Gasteiger partial charge in [0.2, 0.25) is 5.82 Å². The van der Waals surface area contributed by atoms with E-state index in [9.17, 15) is 24.1 Å². The molecule has 3 aromatic rings. The van der Waals surface area contributed by atoms with Crippen molar-refractivity contribution in [2.75, 3.05) is 14.2 Å². The van der Waals surface area contributed by atoms with Crippen molar-refractivity contribution in [2.24, 2.45) is 0 Å². The number of nitrogens with zero attached hydrogens (tertiary/aromatic N) is 1. The third-order valence-corrected chi connectivity index (χ3v) is 5.57. The number of carbonyl (C=O) groups excluding carboxylic acids is 2. The van der Waals surface area contributed by atoms with Crippen LogP contribution in [0.15, 0.2) is 59.1 Å². The van der Waals surface area contributed by atoms with Gasteiger partial charge in [0.15, 0.2) is 0 Å². The average molecular weight is 573 g/mol. The smallest absolute Gasteiger partial charge is 0.339 e. The second kappa shape index (κ2) is 12.5. The molecule has 0 heterocycles. The highest BCUT2D eigenvalue weighted by molar-refractivity contribution is 9.10. The van der Waals surface area contributed by atoms with Gasteiger partial charge in [-0.15, -0.1) is 0 Å². The van der Waals surface area contributed by atoms with Crippen LogP contribution in [0.2, 0.25) is 10.0 Å². The highest BCUT2D eigenvalue weighted by Crippen LogP contribution is 2.24. The molecule has 178 valence electrons. The maximum Gasteiger partial charge on any atom is 0.339 e. The molecule has 0 amide bonds. The van der Waals surface area contributed by atoms with Crippen LogP contribution < -0.4 is 0 Å². The number of methoxy groups -OCH3 is 2. The maximum atomic E-state index is 13.3. The lowest BCUT2D eigenvalue weighted by Gasteiger charge is -2.09. The largest absolute Gasteiger partial charge is 0.465 e. The van der Waals surface area contributed by atoms with Crippen LogP contribution in [-0.4, -0.2) is 31.1 Å². The first-order valence-electron chi connectivity index (χ1n) is 9.40. The summed E-state index contributed by atoms with van der Waals surface area (Å²) in [5, 5.41) is 11.6. The average Bonchev–Trinajstić information content (AvgIpc) is 2.82. The predicted octanol–water partition coefficient (Wildman–Crippen LogP) is 6.65. The predicted molar refractivity (Wildman–Crippen MR) is 129 cm³/mol. The van der Waals surface area contributed by atoms with Gasteiger partial charge in [0.1, 0.15) is 0 Å². The summed E-state index contributed by atoms with van der Waals surface area (Å²) in [6.07, 6.45) is 0.211. The Kier molecular flexibility index (Phi) is 9.97. The van der Waals surface area contributed by atoms with Gasteiger partial charge in [0.05, 0.1) is 30.3 Å². The molecule has 0 aliphatic heterocycles. The van der Waals surface area contributed by atoms with E-state index in [-0.39, 0.29) is 12.0 Å². The highest BCUT2D eigenvalue weighted by atomic mass is 79.9. The van der Waals surface area contributed by atoms with Crippen LogP contribution in [0.4, 0.5) is 10.1 Å². The van der Waals surface area contributed by atoms with Gasteiger partial charge in [0, 0.05) is 20.6 Å². The summed E-state index contributed by atoms with van der Waals surface area (Å²) in [4.78, 5) is 32.8. The summed E-state index contributed by atoms with van der Waals surface area (Å²) in [5.41, 5.74) is 1.18. The number of nitro groups is 1. The summed E-state index contributed by atoms with van der Waals surface area (Å²) in [7, 11) is 2.57. The molecule has 0 saturated heterocycles. The summed E-state index contributed by atoms with van der Waals surface area (Å²) in [6.45, 7) is 0. The first-order valence-corrected chi connectivity index (χ1v) is 10.9. The zero-order chi connectivity index (χ0) is 25.4. The van der Waals surface area contributed by atoms with Crippen molar-refractivity contribution < 1.29 is 28.4 Å². The van der Waals surface area contributed by atoms with E-state index in [4.69, 9.17) is 23.2 Å². The normalized spacial score (nSPS) is 10.1. The zero-order valence-corrected chi connectivity index (χ0v) is 20.9. The fourth-order valence-corrected chi connectivity index (χ4v) is 3.55. The molecule has 0 bridgehead atoms. The van der Waals surface area contributed by atoms with Crippen LogP contribution in [0, 0.1) is 15.9 Å². The van der Waals surface area contributed by atoms with E-state index in [0.717, 1.165) is 12.1 Å². The molecule has 0 fully saturated rings. The molecule has 0 aliphatic carbocycles. The van der Waals surface area contributed by atoms with E-state index in [2.05, 4.69) is 25.4 Å². The van der Waals surface area contributed by atoms with Crippen LogP contribution in [-0.2, 0) is 15.9 Å². The summed E-state index contributed by atoms with van der Waals surface area (Å²) in [6, 6.07) is 13.2. The Bertz CT molecular complexity index is 1240. The fraction of sp³-hybridized carbons (Fsp3) is 0.130. The Balaban J connectivity index is 0.000000287. The Morgan fingerprint density at radius 1 is 0.941 bits per heavy atom. The third kappa shape index (κ3) is 7.24. The van der Waals surface area contributed by atoms with E-state index in [1.807, 2.05) is 0 Å². The third-order valence-electron chi connectivity index (χ3n) is 4.41. The van der Waals surface area contributed by atoms with Crippen LogP contribution in [0.5, 0.6) is 0 Å². The number of halogens is 4. The van der Waals surface area contributed by atoms with Gasteiger partial charge in [-0.05, 0) is 69.9 Å². The van der Waals surface area contributed by atoms with E-state index >= 15 is 0 Å². The molecule has 0 radical (unpaired) electrons. The van der Waals surface area contributed by atoms with Gasteiger partial charge in [-0.25, -0.2) is 9.59 Å². The van der Waals surface area contributed by atoms with Crippen molar-refractivity contribution in [1.29, 1.82) is 0 Å². The van der Waals surface area contributed by atoms with Crippen LogP contribution in [0.25, 0.3) is 0 Å². The van der Waals surface area contributed by atoms with Crippen molar-refractivity contribution in [3.8, 4) is 0 Å². The van der Waals surface area contributed by atoms with Crippen LogP contribution >= 0.6 is 39.1 Å². The Hall–Kier alpha value is -3.01. The van der Waals surface area contributed by atoms with Gasteiger partial charge < -0.3 is 9.47 Å². The molecule has 0 N–H and O–H groups in total. The monoisotopic (exact) mass is 571 g/mol. The van der Waals surface area contributed by atoms with Gasteiger partial charge >= 0.3 is 17.6 Å². The van der Waals surface area contributed by atoms with Crippen LogP contribution in [0.1, 0.15) is 31.8 Å². The second-order valence-corrected chi connectivity index (χ2v) is 8.36. The molecule has 3 rings (SSSR count). The molecule has 7 nitrogen and oxygen atoms in total. The summed E-state index contributed by atoms with van der Waals surface area (Å²) < 4.78 is 23.2. The maximum absolute atomic E-state index is 13.3. The molecule has 0 atom stereocenters. The first-order chi connectivity index (χ1) is 16.1. The highest BCUT2D eigenvalue weighted by Gasteiger charge is 2.17. The topological polar surface area (TPSA) is 95.7 Å². The number of carbonyl (C=O) groups is 2. The minimum Gasteiger partial charge on any atom is -0.465 e. The van der Waals surface area contributed by atoms with E-state index in [0.29, 0.717) is 31.2 Å². The van der Waals surface area contributed by atoms with E-state index in [1.54, 1.807) is 30.3 Å². The van der Waals surface area contributed by atoms with Crippen molar-refractivity contribution in [3.05, 3.63) is 107 Å². The molecule has 0 saturated carbocycles. The van der Waals surface area contributed by atoms with Gasteiger partial charge in [0.25, 0.3) is 0 Å². The Morgan fingerprint density at radius 3 is 2.09 bits per heavy atom. The lowest BCUT2D eigenvalue weighted by molar-refractivity contribution is -0.387. The first kappa shape index (κ1) is 27.2. The zero-order valence-electron chi connectivity index (χ0n) is 17.8. The van der Waals surface area contributed by atoms with Gasteiger partial charge in [-0.1, -0.05) is 35.3 Å². The van der Waals surface area contributed by atoms with Crippen molar-refractivity contribution in [1.82, 2.24) is 0 Å². The summed E-state index contributed by atoms with van der Waals surface area (Å²) >= 11 is 14.8. The van der Waals surface area contributed by atoms with Crippen molar-refractivity contribution in [3.63, 3.8) is 0 Å². The molecule has 3 aromatic carbocycles. The van der Waals surface area contributed by atoms with Crippen molar-refractivity contribution >= 4 is 56.8 Å². The number of nitro benzene ring substituents is 1.